The van der Waals surface area contributed by atoms with E-state index in [-0.39, 0.29) is 122 Å². The van der Waals surface area contributed by atoms with E-state index in [4.69, 9.17) is 47.4 Å². The Hall–Kier alpha value is -1.62. The van der Waals surface area contributed by atoms with Gasteiger partial charge < -0.3 is 47.4 Å². The van der Waals surface area contributed by atoms with Crippen molar-refractivity contribution in [2.75, 3.05) is 40.0 Å². The quantitative estimate of drug-likeness (QED) is 0.372. The van der Waals surface area contributed by atoms with Crippen molar-refractivity contribution in [1.29, 1.82) is 0 Å². The van der Waals surface area contributed by atoms with Crippen LogP contribution in [0.2, 0.25) is 0 Å². The highest BCUT2D eigenvalue weighted by Crippen LogP contribution is 2.54. The first-order valence-corrected chi connectivity index (χ1v) is 22.1. The number of ether oxygens (including phenoxy) is 10. The van der Waals surface area contributed by atoms with Gasteiger partial charge in [0.15, 0.2) is 5.79 Å². The molecule has 11 heterocycles. The zero-order valence-electron chi connectivity index (χ0n) is 33.8. The van der Waals surface area contributed by atoms with Crippen molar-refractivity contribution in [3.63, 3.8) is 0 Å². The van der Waals surface area contributed by atoms with Crippen LogP contribution in [0.3, 0.4) is 0 Å². The summed E-state index contributed by atoms with van der Waals surface area (Å²) in [7, 11) is 1.67. The Bertz CT molecular complexity index is 1550. The zero-order chi connectivity index (χ0) is 39.0. The topological polar surface area (TPSA) is 130 Å². The number of nitrogens with zero attached hydrogens (tertiary/aromatic N) is 1. The second-order valence-corrected chi connectivity index (χ2v) is 18.9. The SMILES string of the molecule is C=C1C[C@@H]2CC[C@@]34C[C@H]5O[C@H]6[C@@H](O3)[C@H]3O[C@H](CC[C@@H]3O[C@H]6[C@H]5O4)CC(=O)C[C@@H]3[C@@H](OC)[C@@H](CC(=O)CN4CCOCC4)O[C@H]3C[C@H]3O[C@@H](CC[C@@H]1O2)C[C@@H](C)C3=C. The summed E-state index contributed by atoms with van der Waals surface area (Å²) in [5, 5.41) is 0. The van der Waals surface area contributed by atoms with Crippen molar-refractivity contribution < 1.29 is 57.0 Å². The van der Waals surface area contributed by atoms with E-state index in [0.717, 1.165) is 62.8 Å². The van der Waals surface area contributed by atoms with E-state index in [2.05, 4.69) is 25.0 Å². The van der Waals surface area contributed by atoms with Crippen LogP contribution in [0.15, 0.2) is 24.3 Å². The zero-order valence-corrected chi connectivity index (χ0v) is 33.8. The van der Waals surface area contributed by atoms with Gasteiger partial charge in [-0.1, -0.05) is 20.1 Å². The maximum absolute atomic E-state index is 14.2. The Labute approximate surface area is 336 Å². The predicted octanol–water partition coefficient (Wildman–Crippen LogP) is 4.02. The number of Topliss-reactive ketones (excluding diaryl/α,β-unsaturated/α-hetero) is 2. The fourth-order valence-corrected chi connectivity index (χ4v) is 12.2. The van der Waals surface area contributed by atoms with Crippen molar-refractivity contribution in [2.24, 2.45) is 11.8 Å². The van der Waals surface area contributed by atoms with E-state index in [1.165, 1.54) is 0 Å². The van der Waals surface area contributed by atoms with Crippen LogP contribution in [-0.2, 0) is 57.0 Å². The third kappa shape index (κ3) is 7.68. The number of rotatable bonds is 5. The van der Waals surface area contributed by atoms with Crippen molar-refractivity contribution >= 4 is 11.6 Å². The first-order chi connectivity index (χ1) is 27.6. The van der Waals surface area contributed by atoms with Crippen LogP contribution >= 0.6 is 0 Å². The highest BCUT2D eigenvalue weighted by Gasteiger charge is 2.68. The van der Waals surface area contributed by atoms with Crippen molar-refractivity contribution in [3.8, 4) is 0 Å². The molecule has 11 fully saturated rings. The van der Waals surface area contributed by atoms with Crippen LogP contribution in [0.4, 0.5) is 0 Å². The molecule has 316 valence electrons. The van der Waals surface area contributed by atoms with Gasteiger partial charge >= 0.3 is 0 Å². The summed E-state index contributed by atoms with van der Waals surface area (Å²) in [6.45, 7) is 14.3. The van der Waals surface area contributed by atoms with Crippen LogP contribution in [0, 0.1) is 11.8 Å². The first-order valence-electron chi connectivity index (χ1n) is 22.1. The van der Waals surface area contributed by atoms with Gasteiger partial charge in [-0.25, -0.2) is 0 Å². The molecular weight excluding hydrogens is 734 g/mol. The van der Waals surface area contributed by atoms with Crippen LogP contribution in [0.5, 0.6) is 0 Å². The largest absolute Gasteiger partial charge is 0.379 e. The lowest BCUT2D eigenvalue weighted by atomic mass is 9.81. The highest BCUT2D eigenvalue weighted by molar-refractivity contribution is 5.81. The molecule has 11 rings (SSSR count). The molecule has 13 heteroatoms. The molecule has 0 N–H and O–H groups in total. The van der Waals surface area contributed by atoms with E-state index in [1.807, 2.05) is 0 Å². The molecule has 13 nitrogen and oxygen atoms in total. The highest BCUT2D eigenvalue weighted by atomic mass is 16.8. The van der Waals surface area contributed by atoms with Gasteiger partial charge in [-0.3, -0.25) is 14.5 Å². The van der Waals surface area contributed by atoms with Crippen molar-refractivity contribution in [2.45, 2.75) is 188 Å². The van der Waals surface area contributed by atoms with Crippen molar-refractivity contribution in [3.05, 3.63) is 24.3 Å². The maximum atomic E-state index is 14.2. The second-order valence-electron chi connectivity index (χ2n) is 18.9. The monoisotopic (exact) mass is 797 g/mol. The van der Waals surface area contributed by atoms with E-state index in [1.54, 1.807) is 7.11 Å². The molecule has 0 aromatic heterocycles. The third-order valence-electron chi connectivity index (χ3n) is 15.1. The lowest BCUT2D eigenvalue weighted by Crippen LogP contribution is -2.61. The molecule has 11 aliphatic rings. The molecule has 57 heavy (non-hydrogen) atoms. The average molecular weight is 798 g/mol. The molecule has 0 saturated carbocycles. The molecule has 11 saturated heterocycles. The van der Waals surface area contributed by atoms with E-state index >= 15 is 0 Å². The summed E-state index contributed by atoms with van der Waals surface area (Å²) >= 11 is 0. The molecule has 1 spiro atoms. The number of ketones is 2. The van der Waals surface area contributed by atoms with Gasteiger partial charge in [0.2, 0.25) is 0 Å². The van der Waals surface area contributed by atoms with Crippen LogP contribution in [0.25, 0.3) is 0 Å². The van der Waals surface area contributed by atoms with Gasteiger partial charge in [-0.05, 0) is 62.0 Å². The van der Waals surface area contributed by atoms with Crippen LogP contribution in [-0.4, -0.2) is 154 Å². The van der Waals surface area contributed by atoms with Gasteiger partial charge in [0.1, 0.15) is 42.1 Å². The van der Waals surface area contributed by atoms with E-state index in [9.17, 15) is 9.59 Å². The van der Waals surface area contributed by atoms with Gasteiger partial charge in [-0.15, -0.1) is 0 Å². The molecule has 0 aromatic rings. The summed E-state index contributed by atoms with van der Waals surface area (Å²) in [6, 6.07) is 0. The van der Waals surface area contributed by atoms with Crippen molar-refractivity contribution in [1.82, 2.24) is 4.90 Å². The number of methoxy groups -OCH3 is 1. The number of carbonyl (C=O) groups is 2. The minimum Gasteiger partial charge on any atom is -0.379 e. The number of morpholine rings is 1. The third-order valence-corrected chi connectivity index (χ3v) is 15.1. The lowest BCUT2D eigenvalue weighted by molar-refractivity contribution is -0.292. The Kier molecular flexibility index (Phi) is 11.1. The number of carbonyl (C=O) groups excluding carboxylic acids is 2. The fourth-order valence-electron chi connectivity index (χ4n) is 12.2. The molecule has 0 unspecified atom stereocenters. The molecule has 0 radical (unpaired) electrons. The number of fused-ring (bicyclic) bond motifs is 6. The normalized spacial score (nSPS) is 50.1. The van der Waals surface area contributed by atoms with Gasteiger partial charge in [0.25, 0.3) is 0 Å². The lowest BCUT2D eigenvalue weighted by Gasteiger charge is -2.47. The van der Waals surface area contributed by atoms with Crippen LogP contribution < -0.4 is 0 Å². The summed E-state index contributed by atoms with van der Waals surface area (Å²) in [4.78, 5) is 29.9. The Morgan fingerprint density at radius 3 is 2.37 bits per heavy atom. The molecule has 0 aliphatic carbocycles. The Morgan fingerprint density at radius 2 is 1.53 bits per heavy atom. The number of hydrogen-bond acceptors (Lipinski definition) is 13. The van der Waals surface area contributed by atoms with Gasteiger partial charge in [0, 0.05) is 64.6 Å². The van der Waals surface area contributed by atoms with Crippen LogP contribution in [0.1, 0.15) is 90.4 Å². The Balaban J connectivity index is 0.909. The minimum atomic E-state index is -0.788. The predicted molar refractivity (Wildman–Crippen MR) is 203 cm³/mol. The summed E-state index contributed by atoms with van der Waals surface area (Å²) in [5.74, 6) is -0.571. The summed E-state index contributed by atoms with van der Waals surface area (Å²) in [6.07, 6.45) is 5.13. The average Bonchev–Trinajstić information content (AvgIpc) is 3.87. The summed E-state index contributed by atoms with van der Waals surface area (Å²) in [5.41, 5.74) is 2.19. The molecule has 0 amide bonds. The maximum Gasteiger partial charge on any atom is 0.172 e. The molecular formula is C44H63NO12. The van der Waals surface area contributed by atoms with Gasteiger partial charge in [-0.2, -0.15) is 0 Å². The van der Waals surface area contributed by atoms with E-state index < -0.39 is 18.0 Å². The van der Waals surface area contributed by atoms with E-state index in [0.29, 0.717) is 45.4 Å². The molecule has 18 atom stereocenters. The Morgan fingerprint density at radius 1 is 0.772 bits per heavy atom. The first kappa shape index (κ1) is 39.5. The minimum absolute atomic E-state index is 0.0241. The standard InChI is InChI=1S/C44H63NO12/c1-23-15-28-5-7-32-24(2)16-30(50-32)9-10-44-21-37-40(56-44)41-42(55-37)43(57-44)39-33(54-41)8-6-29(52-39)17-26(46)18-31-35(20-34(51-28)25(23)3)53-36(38(31)48-4)19-27(47)22-45-11-13-49-14-12-45/h23,28-43H,2-3,5-22H2,1,4H3/t23-,28+,29-,30+,31+,32+,33+,34-,35+,36-,37-,38-,39+,40+,41+,42-,43+,44+/m1/s1. The molecule has 0 aromatic carbocycles. The molecule has 11 aliphatic heterocycles. The number of hydrogen-bond donors (Lipinski definition) is 0. The summed E-state index contributed by atoms with van der Waals surface area (Å²) < 4.78 is 66.0. The molecule has 12 bridgehead atoms. The smallest absolute Gasteiger partial charge is 0.172 e. The second kappa shape index (κ2) is 16.0. The van der Waals surface area contributed by atoms with Gasteiger partial charge in [0.05, 0.1) is 80.8 Å². The fraction of sp³-hybridized carbons (Fsp3) is 0.864.